The maximum Gasteiger partial charge on any atom is 0.366 e. The molecule has 0 unspecified atom stereocenters. The van der Waals surface area contributed by atoms with Gasteiger partial charge in [-0.2, -0.15) is 8.42 Å². The molecule has 0 aliphatic carbocycles. The van der Waals surface area contributed by atoms with Crippen molar-refractivity contribution in [3.8, 4) is 0 Å². The fraction of sp³-hybridized carbons (Fsp3) is 0.833. The van der Waals surface area contributed by atoms with Crippen LogP contribution in [0.5, 0.6) is 0 Å². The predicted molar refractivity (Wildman–Crippen MR) is 76.8 cm³/mol. The fourth-order valence-corrected chi connectivity index (χ4v) is 3.46. The zero-order valence-corrected chi connectivity index (χ0v) is 12.5. The van der Waals surface area contributed by atoms with Crippen LogP contribution in [0.4, 0.5) is 0 Å². The first kappa shape index (κ1) is 14.3. The van der Waals surface area contributed by atoms with Crippen LogP contribution >= 0.6 is 0 Å². The second-order valence-electron chi connectivity index (χ2n) is 5.22. The first-order valence-corrected chi connectivity index (χ1v) is 8.22. The normalized spacial score (nSPS) is 26.2. The van der Waals surface area contributed by atoms with Crippen molar-refractivity contribution in [1.29, 1.82) is 0 Å². The average molecular weight is 286 g/mol. The Balaban J connectivity index is 2.17. The molecule has 2 saturated heterocycles. The van der Waals surface area contributed by atoms with E-state index in [0.29, 0.717) is 11.7 Å². The van der Waals surface area contributed by atoms with Crippen LogP contribution in [-0.4, -0.2) is 57.1 Å². The van der Waals surface area contributed by atoms with Gasteiger partial charge in [0.25, 0.3) is 0 Å². The van der Waals surface area contributed by atoms with Gasteiger partial charge in [0.2, 0.25) is 0 Å². The summed E-state index contributed by atoms with van der Waals surface area (Å²) in [5.41, 5.74) is 0. The highest BCUT2D eigenvalue weighted by molar-refractivity contribution is 7.89. The Morgan fingerprint density at radius 2 is 1.26 bits per heavy atom. The molecule has 6 nitrogen and oxygen atoms in total. The van der Waals surface area contributed by atoms with E-state index in [2.05, 4.69) is 8.80 Å². The molecule has 0 amide bonds. The van der Waals surface area contributed by atoms with E-state index in [4.69, 9.17) is 0 Å². The molecule has 2 heterocycles. The van der Waals surface area contributed by atoms with Crippen LogP contribution in [0.2, 0.25) is 0 Å². The second kappa shape index (κ2) is 5.90. The molecule has 2 aliphatic heterocycles. The lowest BCUT2D eigenvalue weighted by molar-refractivity contribution is 0.433. The number of hydrogen-bond donors (Lipinski definition) is 0. The van der Waals surface area contributed by atoms with Gasteiger partial charge in [0.1, 0.15) is 11.7 Å². The Labute approximate surface area is 115 Å². The SMILES string of the molecule is CN1CCCC/C1=N/S(=O)(=O)/N=C1/CCCCN1C. The molecular weight excluding hydrogens is 264 g/mol. The maximum atomic E-state index is 12.0. The standard InChI is InChI=1S/C12H22N4O2S/c1-15-9-5-3-7-11(15)13-19(17,18)14-12-8-4-6-10-16(12)2/h3-10H2,1-2H3/b13-11-,14-12-. The summed E-state index contributed by atoms with van der Waals surface area (Å²) in [6.07, 6.45) is 5.61. The zero-order chi connectivity index (χ0) is 13.9. The van der Waals surface area contributed by atoms with E-state index in [1.165, 1.54) is 0 Å². The molecule has 0 aromatic heterocycles. The van der Waals surface area contributed by atoms with Crippen LogP contribution in [-0.2, 0) is 10.2 Å². The molecule has 2 fully saturated rings. The Morgan fingerprint density at radius 1 is 0.842 bits per heavy atom. The van der Waals surface area contributed by atoms with Crippen molar-refractivity contribution in [3.05, 3.63) is 0 Å². The van der Waals surface area contributed by atoms with Gasteiger partial charge < -0.3 is 9.80 Å². The summed E-state index contributed by atoms with van der Waals surface area (Å²) in [6.45, 7) is 1.73. The zero-order valence-electron chi connectivity index (χ0n) is 11.7. The fourth-order valence-electron chi connectivity index (χ4n) is 2.42. The van der Waals surface area contributed by atoms with Gasteiger partial charge in [-0.3, -0.25) is 0 Å². The average Bonchev–Trinajstić information content (AvgIpc) is 2.35. The highest BCUT2D eigenvalue weighted by Crippen LogP contribution is 2.15. The molecule has 0 bridgehead atoms. The molecule has 7 heteroatoms. The summed E-state index contributed by atoms with van der Waals surface area (Å²) in [5.74, 6) is 1.27. The Morgan fingerprint density at radius 3 is 1.63 bits per heavy atom. The summed E-state index contributed by atoms with van der Waals surface area (Å²) in [7, 11) is 0.0106. The minimum absolute atomic E-state index is 0.633. The monoisotopic (exact) mass is 286 g/mol. The van der Waals surface area contributed by atoms with E-state index in [1.54, 1.807) is 0 Å². The molecule has 0 aromatic rings. The van der Waals surface area contributed by atoms with E-state index < -0.39 is 10.2 Å². The summed E-state index contributed by atoms with van der Waals surface area (Å²) in [6, 6.07) is 0. The van der Waals surface area contributed by atoms with Crippen LogP contribution in [0, 0.1) is 0 Å². The Kier molecular flexibility index (Phi) is 4.44. The summed E-state index contributed by atoms with van der Waals surface area (Å²) < 4.78 is 31.8. The van der Waals surface area contributed by atoms with Crippen LogP contribution in [0.1, 0.15) is 38.5 Å². The van der Waals surface area contributed by atoms with E-state index in [1.807, 2.05) is 23.9 Å². The topological polar surface area (TPSA) is 65.3 Å². The van der Waals surface area contributed by atoms with Crippen molar-refractivity contribution >= 4 is 21.9 Å². The van der Waals surface area contributed by atoms with Crippen molar-refractivity contribution in [3.63, 3.8) is 0 Å². The second-order valence-corrected chi connectivity index (χ2v) is 6.48. The van der Waals surface area contributed by atoms with E-state index in [0.717, 1.165) is 51.6 Å². The minimum atomic E-state index is -3.75. The number of nitrogens with zero attached hydrogens (tertiary/aromatic N) is 4. The van der Waals surface area contributed by atoms with Gasteiger partial charge in [-0.15, -0.1) is 8.80 Å². The first-order chi connectivity index (χ1) is 8.98. The van der Waals surface area contributed by atoms with Gasteiger partial charge in [-0.25, -0.2) is 0 Å². The number of piperidine rings is 2. The molecular formula is C12H22N4O2S. The lowest BCUT2D eigenvalue weighted by Gasteiger charge is -2.26. The Bertz CT molecular complexity index is 446. The third-order valence-electron chi connectivity index (χ3n) is 3.61. The largest absolute Gasteiger partial charge is 0.366 e. The molecule has 19 heavy (non-hydrogen) atoms. The van der Waals surface area contributed by atoms with E-state index >= 15 is 0 Å². The molecule has 0 saturated carbocycles. The highest BCUT2D eigenvalue weighted by atomic mass is 32.2. The van der Waals surface area contributed by atoms with E-state index in [9.17, 15) is 8.42 Å². The number of rotatable bonds is 2. The van der Waals surface area contributed by atoms with Gasteiger partial charge in [-0.05, 0) is 25.7 Å². The lowest BCUT2D eigenvalue weighted by atomic mass is 10.1. The summed E-state index contributed by atoms with van der Waals surface area (Å²) in [5, 5.41) is 0. The van der Waals surface area contributed by atoms with Gasteiger partial charge in [0, 0.05) is 40.0 Å². The van der Waals surface area contributed by atoms with Crippen molar-refractivity contribution in [2.75, 3.05) is 27.2 Å². The number of amidine groups is 2. The molecule has 2 rings (SSSR count). The highest BCUT2D eigenvalue weighted by Gasteiger charge is 2.19. The predicted octanol–water partition coefficient (Wildman–Crippen LogP) is 1.26. The van der Waals surface area contributed by atoms with Crippen molar-refractivity contribution in [2.24, 2.45) is 8.80 Å². The van der Waals surface area contributed by atoms with Crippen LogP contribution < -0.4 is 0 Å². The smallest absolute Gasteiger partial charge is 0.362 e. The molecule has 0 radical (unpaired) electrons. The van der Waals surface area contributed by atoms with Crippen LogP contribution in [0.25, 0.3) is 0 Å². The van der Waals surface area contributed by atoms with Crippen LogP contribution in [0.3, 0.4) is 0 Å². The van der Waals surface area contributed by atoms with Gasteiger partial charge in [0.15, 0.2) is 0 Å². The van der Waals surface area contributed by atoms with Crippen molar-refractivity contribution in [2.45, 2.75) is 38.5 Å². The van der Waals surface area contributed by atoms with Gasteiger partial charge in [0.05, 0.1) is 0 Å². The number of hydrogen-bond acceptors (Lipinski definition) is 2. The van der Waals surface area contributed by atoms with Crippen molar-refractivity contribution < 1.29 is 8.42 Å². The molecule has 0 atom stereocenters. The molecule has 108 valence electrons. The van der Waals surface area contributed by atoms with Gasteiger partial charge in [-0.1, -0.05) is 0 Å². The Hall–Kier alpha value is -1.11. The molecule has 0 spiro atoms. The first-order valence-electron chi connectivity index (χ1n) is 6.83. The summed E-state index contributed by atoms with van der Waals surface area (Å²) >= 11 is 0. The molecule has 2 aliphatic rings. The number of likely N-dealkylation sites (tertiary alicyclic amines) is 2. The maximum absolute atomic E-state index is 12.0. The third kappa shape index (κ3) is 3.92. The minimum Gasteiger partial charge on any atom is -0.362 e. The summed E-state index contributed by atoms with van der Waals surface area (Å²) in [4.78, 5) is 3.82. The lowest BCUT2D eigenvalue weighted by Crippen LogP contribution is -2.33. The van der Waals surface area contributed by atoms with E-state index in [-0.39, 0.29) is 0 Å². The molecule has 0 aromatic carbocycles. The molecule has 0 N–H and O–H groups in total. The quantitative estimate of drug-likeness (QED) is 0.766. The third-order valence-corrected chi connectivity index (χ3v) is 4.49. The van der Waals surface area contributed by atoms with Crippen LogP contribution in [0.15, 0.2) is 8.80 Å². The van der Waals surface area contributed by atoms with Crippen molar-refractivity contribution in [1.82, 2.24) is 9.80 Å². The van der Waals surface area contributed by atoms with Gasteiger partial charge >= 0.3 is 10.2 Å².